The summed E-state index contributed by atoms with van der Waals surface area (Å²) in [6.45, 7) is 0.521. The Hall–Kier alpha value is -2.33. The van der Waals surface area contributed by atoms with Crippen LogP contribution < -0.4 is 0 Å². The van der Waals surface area contributed by atoms with E-state index in [9.17, 15) is 8.42 Å². The highest BCUT2D eigenvalue weighted by molar-refractivity contribution is 7.89. The fraction of sp³-hybridized carbons (Fsp3) is 0.235. The van der Waals surface area contributed by atoms with E-state index >= 15 is 0 Å². The third kappa shape index (κ3) is 3.72. The third-order valence-electron chi connectivity index (χ3n) is 4.10. The van der Waals surface area contributed by atoms with Crippen LogP contribution in [-0.2, 0) is 14.8 Å². The average molecular weight is 407 g/mol. The summed E-state index contributed by atoms with van der Waals surface area (Å²) in [6, 6.07) is 9.74. The molecule has 1 aliphatic heterocycles. The van der Waals surface area contributed by atoms with Gasteiger partial charge in [-0.1, -0.05) is 22.8 Å². The van der Waals surface area contributed by atoms with Crippen molar-refractivity contribution in [1.82, 2.24) is 19.4 Å². The quantitative estimate of drug-likeness (QED) is 0.656. The molecular weight excluding hydrogens is 392 g/mol. The van der Waals surface area contributed by atoms with Crippen molar-refractivity contribution in [3.8, 4) is 11.4 Å². The summed E-state index contributed by atoms with van der Waals surface area (Å²) in [6.07, 6.45) is 2.62. The van der Waals surface area contributed by atoms with Gasteiger partial charge in [-0.05, 0) is 30.3 Å². The largest absolute Gasteiger partial charge is 0.366 e. The summed E-state index contributed by atoms with van der Waals surface area (Å²) in [4.78, 5) is 8.48. The maximum atomic E-state index is 12.9. The van der Waals surface area contributed by atoms with Gasteiger partial charge in [-0.2, -0.15) is 9.29 Å². The first-order valence-corrected chi connectivity index (χ1v) is 9.97. The van der Waals surface area contributed by atoms with Crippen molar-refractivity contribution in [2.75, 3.05) is 19.7 Å². The second-order valence-corrected chi connectivity index (χ2v) is 8.25. The summed E-state index contributed by atoms with van der Waals surface area (Å²) in [7, 11) is -3.70. The van der Waals surface area contributed by atoms with E-state index in [0.717, 1.165) is 0 Å². The van der Waals surface area contributed by atoms with Crippen molar-refractivity contribution in [3.05, 3.63) is 59.7 Å². The molecule has 3 aromatic rings. The molecule has 140 valence electrons. The topological polar surface area (TPSA) is 98.4 Å². The van der Waals surface area contributed by atoms with Crippen molar-refractivity contribution in [2.24, 2.45) is 0 Å². The molecule has 1 aromatic carbocycles. The minimum absolute atomic E-state index is 0.0729. The van der Waals surface area contributed by atoms with Gasteiger partial charge in [-0.3, -0.25) is 4.98 Å². The van der Waals surface area contributed by atoms with Gasteiger partial charge in [0.2, 0.25) is 15.8 Å². The van der Waals surface area contributed by atoms with E-state index in [2.05, 4.69) is 15.1 Å². The molecule has 10 heteroatoms. The summed E-state index contributed by atoms with van der Waals surface area (Å²) in [5.41, 5.74) is 0.701. The minimum atomic E-state index is -3.70. The number of rotatable bonds is 4. The zero-order valence-corrected chi connectivity index (χ0v) is 15.6. The molecular formula is C17H15ClN4O4S. The predicted octanol–water partition coefficient (Wildman–Crippen LogP) is 2.55. The molecule has 0 saturated carbocycles. The van der Waals surface area contributed by atoms with Crippen molar-refractivity contribution in [1.29, 1.82) is 0 Å². The molecule has 4 rings (SSSR count). The standard InChI is InChI=1S/C17H15ClN4O4S/c18-13-4-1-5-14(9-13)27(23,24)22-7-8-25-15(11-22)17-20-16(21-26-17)12-3-2-6-19-10-12/h1-6,9-10,15H,7-8,11H2/t15-/m0/s1. The van der Waals surface area contributed by atoms with Crippen LogP contribution in [0.5, 0.6) is 0 Å². The highest BCUT2D eigenvalue weighted by Gasteiger charge is 2.34. The van der Waals surface area contributed by atoms with Gasteiger partial charge in [0.1, 0.15) is 0 Å². The van der Waals surface area contributed by atoms with Gasteiger partial charge in [0.15, 0.2) is 6.10 Å². The van der Waals surface area contributed by atoms with Gasteiger partial charge in [0.05, 0.1) is 11.5 Å². The van der Waals surface area contributed by atoms with Crippen LogP contribution in [0.4, 0.5) is 0 Å². The zero-order valence-electron chi connectivity index (χ0n) is 14.0. The molecule has 0 unspecified atom stereocenters. The van der Waals surface area contributed by atoms with Crippen LogP contribution in [-0.4, -0.2) is 47.5 Å². The molecule has 8 nitrogen and oxygen atoms in total. The summed E-state index contributed by atoms with van der Waals surface area (Å²) >= 11 is 5.93. The number of morpholine rings is 1. The molecule has 2 aromatic heterocycles. The number of nitrogens with zero attached hydrogens (tertiary/aromatic N) is 4. The van der Waals surface area contributed by atoms with Gasteiger partial charge < -0.3 is 9.26 Å². The van der Waals surface area contributed by atoms with Crippen molar-refractivity contribution < 1.29 is 17.7 Å². The molecule has 1 saturated heterocycles. The van der Waals surface area contributed by atoms with Gasteiger partial charge in [-0.15, -0.1) is 0 Å². The lowest BCUT2D eigenvalue weighted by molar-refractivity contribution is -0.0199. The normalized spacial score (nSPS) is 18.5. The molecule has 1 atom stereocenters. The first-order chi connectivity index (χ1) is 13.0. The fourth-order valence-electron chi connectivity index (χ4n) is 2.75. The van der Waals surface area contributed by atoms with Crippen LogP contribution in [0, 0.1) is 0 Å². The van der Waals surface area contributed by atoms with Crippen molar-refractivity contribution in [3.63, 3.8) is 0 Å². The number of ether oxygens (including phenoxy) is 1. The molecule has 0 N–H and O–H groups in total. The molecule has 3 heterocycles. The van der Waals surface area contributed by atoms with E-state index in [4.69, 9.17) is 20.9 Å². The third-order valence-corrected chi connectivity index (χ3v) is 6.20. The van der Waals surface area contributed by atoms with E-state index in [-0.39, 0.29) is 30.5 Å². The van der Waals surface area contributed by atoms with Crippen LogP contribution in [0.2, 0.25) is 5.02 Å². The van der Waals surface area contributed by atoms with Crippen LogP contribution in [0.1, 0.15) is 12.0 Å². The maximum absolute atomic E-state index is 12.9. The van der Waals surface area contributed by atoms with Crippen molar-refractivity contribution >= 4 is 21.6 Å². The minimum Gasteiger partial charge on any atom is -0.366 e. The lowest BCUT2D eigenvalue weighted by Crippen LogP contribution is -2.42. The van der Waals surface area contributed by atoms with Crippen LogP contribution in [0.25, 0.3) is 11.4 Å². The Balaban J connectivity index is 1.56. The Labute approximate surface area is 160 Å². The number of sulfonamides is 1. The Morgan fingerprint density at radius 1 is 1.22 bits per heavy atom. The lowest BCUT2D eigenvalue weighted by Gasteiger charge is -2.30. The van der Waals surface area contributed by atoms with E-state index in [1.807, 2.05) is 0 Å². The molecule has 1 fully saturated rings. The Morgan fingerprint density at radius 2 is 2.11 bits per heavy atom. The van der Waals surface area contributed by atoms with Gasteiger partial charge in [0, 0.05) is 36.1 Å². The molecule has 0 aliphatic carbocycles. The van der Waals surface area contributed by atoms with Crippen LogP contribution >= 0.6 is 11.6 Å². The zero-order chi connectivity index (χ0) is 18.9. The Bertz CT molecular complexity index is 1040. The average Bonchev–Trinajstić information content (AvgIpc) is 3.19. The van der Waals surface area contributed by atoms with Gasteiger partial charge in [0.25, 0.3) is 5.89 Å². The molecule has 0 bridgehead atoms. The maximum Gasteiger partial charge on any atom is 0.257 e. The smallest absolute Gasteiger partial charge is 0.257 e. The predicted molar refractivity (Wildman–Crippen MR) is 96.4 cm³/mol. The second kappa shape index (κ2) is 7.35. The first kappa shape index (κ1) is 18.1. The number of benzene rings is 1. The van der Waals surface area contributed by atoms with E-state index in [1.165, 1.54) is 16.4 Å². The van der Waals surface area contributed by atoms with E-state index in [1.54, 1.807) is 36.7 Å². The van der Waals surface area contributed by atoms with Crippen LogP contribution in [0.15, 0.2) is 58.2 Å². The summed E-state index contributed by atoms with van der Waals surface area (Å²) in [5, 5.41) is 4.29. The molecule has 27 heavy (non-hydrogen) atoms. The lowest BCUT2D eigenvalue weighted by atomic mass is 10.2. The SMILES string of the molecule is O=S(=O)(c1cccc(Cl)c1)N1CCO[C@H](c2nc(-c3cccnc3)no2)C1. The fourth-order valence-corrected chi connectivity index (χ4v) is 4.47. The molecule has 0 spiro atoms. The molecule has 0 amide bonds. The summed E-state index contributed by atoms with van der Waals surface area (Å²) < 4.78 is 38.0. The molecule has 0 radical (unpaired) electrons. The number of halogens is 1. The van der Waals surface area contributed by atoms with Gasteiger partial charge >= 0.3 is 0 Å². The van der Waals surface area contributed by atoms with Gasteiger partial charge in [-0.25, -0.2) is 8.42 Å². The Kier molecular flexibility index (Phi) is 4.92. The number of hydrogen-bond acceptors (Lipinski definition) is 7. The number of hydrogen-bond donors (Lipinski definition) is 0. The number of aromatic nitrogens is 3. The van der Waals surface area contributed by atoms with E-state index in [0.29, 0.717) is 16.4 Å². The van der Waals surface area contributed by atoms with E-state index < -0.39 is 16.1 Å². The monoisotopic (exact) mass is 406 g/mol. The highest BCUT2D eigenvalue weighted by atomic mass is 35.5. The second-order valence-electron chi connectivity index (χ2n) is 5.88. The molecule has 1 aliphatic rings. The highest BCUT2D eigenvalue weighted by Crippen LogP contribution is 2.27. The van der Waals surface area contributed by atoms with Crippen molar-refractivity contribution in [2.45, 2.75) is 11.0 Å². The summed E-state index contributed by atoms with van der Waals surface area (Å²) in [5.74, 6) is 0.594. The van der Waals surface area contributed by atoms with Crippen LogP contribution in [0.3, 0.4) is 0 Å². The first-order valence-electron chi connectivity index (χ1n) is 8.15. The Morgan fingerprint density at radius 3 is 2.89 bits per heavy atom. The number of pyridine rings is 1.